The second-order valence-corrected chi connectivity index (χ2v) is 8.01. The maximum absolute atomic E-state index is 15.2. The van der Waals surface area contributed by atoms with Gasteiger partial charge in [-0.1, -0.05) is 24.3 Å². The molecule has 0 saturated heterocycles. The van der Waals surface area contributed by atoms with E-state index in [0.29, 0.717) is 11.3 Å². The number of hydrogen-bond acceptors (Lipinski definition) is 4. The summed E-state index contributed by atoms with van der Waals surface area (Å²) >= 11 is 0. The van der Waals surface area contributed by atoms with Gasteiger partial charge in [0.15, 0.2) is 11.6 Å². The Hall–Kier alpha value is -3.53. The number of aromatic nitrogens is 4. The fourth-order valence-corrected chi connectivity index (χ4v) is 3.99. The lowest BCUT2D eigenvalue weighted by Gasteiger charge is -2.20. The Morgan fingerprint density at radius 2 is 1.85 bits per heavy atom. The highest BCUT2D eigenvalue weighted by atomic mass is 19.4. The smallest absolute Gasteiger partial charge is 0.388 e. The van der Waals surface area contributed by atoms with Gasteiger partial charge in [0, 0.05) is 23.6 Å². The molecule has 1 N–H and O–H groups in total. The normalized spacial score (nSPS) is 12.9. The van der Waals surface area contributed by atoms with Gasteiger partial charge in [-0.25, -0.2) is 14.2 Å². The first-order valence-electron chi connectivity index (χ1n) is 10.6. The minimum absolute atomic E-state index is 0.0175. The molecule has 10 heteroatoms. The van der Waals surface area contributed by atoms with Gasteiger partial charge in [-0.15, -0.1) is 5.10 Å². The van der Waals surface area contributed by atoms with E-state index < -0.39 is 30.2 Å². The summed E-state index contributed by atoms with van der Waals surface area (Å²) in [5.41, 5.74) is 0.639. The number of rotatable bonds is 5. The number of halogens is 4. The molecule has 0 fully saturated rings. The molecule has 0 spiro atoms. The van der Waals surface area contributed by atoms with Crippen LogP contribution in [0, 0.1) is 12.7 Å². The largest absolute Gasteiger partial charge is 0.395 e. The molecule has 34 heavy (non-hydrogen) atoms. The summed E-state index contributed by atoms with van der Waals surface area (Å²) in [5, 5.41) is 13.5. The Bertz CT molecular complexity index is 1440. The van der Waals surface area contributed by atoms with Gasteiger partial charge in [0.05, 0.1) is 17.1 Å². The Labute approximate surface area is 192 Å². The fraction of sp³-hybridized carbons (Fsp3) is 0.292. The first-order valence-corrected chi connectivity index (χ1v) is 10.6. The van der Waals surface area contributed by atoms with Crippen molar-refractivity contribution >= 4 is 10.9 Å². The lowest BCUT2D eigenvalue weighted by molar-refractivity contribution is -0.146. The van der Waals surface area contributed by atoms with Crippen molar-refractivity contribution < 1.29 is 22.7 Å². The standard InChI is InChI=1S/C24H22F4N4O2/c1-4-31-22(12-33)30-32(23(31)34)21-10-17-16(14(3)24(26,27)28)9-19(29-20(17)11-18(21)25)15-8-6-5-7-13(15)2/h5-11,14,33H,4,12H2,1-3H3/t14-/m1/s1. The van der Waals surface area contributed by atoms with Crippen molar-refractivity contribution in [2.24, 2.45) is 0 Å². The third-order valence-electron chi connectivity index (χ3n) is 5.91. The SMILES string of the molecule is CCn1c(CO)nn(-c2cc3c([C@@H](C)C(F)(F)F)cc(-c4ccccc4C)nc3cc2F)c1=O. The third kappa shape index (κ3) is 3.98. The lowest BCUT2D eigenvalue weighted by Crippen LogP contribution is -2.24. The summed E-state index contributed by atoms with van der Waals surface area (Å²) in [7, 11) is 0. The highest BCUT2D eigenvalue weighted by Crippen LogP contribution is 2.40. The van der Waals surface area contributed by atoms with Crippen molar-refractivity contribution in [3.63, 3.8) is 0 Å². The molecule has 0 bridgehead atoms. The lowest BCUT2D eigenvalue weighted by atomic mass is 9.93. The van der Waals surface area contributed by atoms with Gasteiger partial charge in [-0.3, -0.25) is 4.57 Å². The average Bonchev–Trinajstić information content (AvgIpc) is 3.12. The Kier molecular flexibility index (Phi) is 6.03. The van der Waals surface area contributed by atoms with Crippen LogP contribution < -0.4 is 5.69 Å². The van der Waals surface area contributed by atoms with Crippen molar-refractivity contribution in [3.8, 4) is 16.9 Å². The highest BCUT2D eigenvalue weighted by molar-refractivity contribution is 5.88. The molecule has 6 nitrogen and oxygen atoms in total. The van der Waals surface area contributed by atoms with Crippen LogP contribution in [-0.2, 0) is 13.2 Å². The van der Waals surface area contributed by atoms with E-state index >= 15 is 4.39 Å². The van der Waals surface area contributed by atoms with E-state index in [1.54, 1.807) is 25.1 Å². The molecule has 2 aromatic carbocycles. The van der Waals surface area contributed by atoms with E-state index in [-0.39, 0.29) is 34.5 Å². The summed E-state index contributed by atoms with van der Waals surface area (Å²) in [6.45, 7) is 4.13. The Balaban J connectivity index is 2.04. The Morgan fingerprint density at radius 3 is 2.44 bits per heavy atom. The number of benzene rings is 2. The quantitative estimate of drug-likeness (QED) is 0.419. The molecule has 0 aliphatic heterocycles. The first-order chi connectivity index (χ1) is 16.1. The maximum Gasteiger partial charge on any atom is 0.395 e. The minimum atomic E-state index is -4.56. The second kappa shape index (κ2) is 8.68. The number of fused-ring (bicyclic) bond motifs is 1. The van der Waals surface area contributed by atoms with Crippen molar-refractivity contribution in [1.29, 1.82) is 0 Å². The predicted molar refractivity (Wildman–Crippen MR) is 119 cm³/mol. The molecule has 0 amide bonds. The maximum atomic E-state index is 15.2. The molecule has 178 valence electrons. The van der Waals surface area contributed by atoms with Gasteiger partial charge in [0.1, 0.15) is 12.3 Å². The summed E-state index contributed by atoms with van der Waals surface area (Å²) in [6.07, 6.45) is -4.56. The number of aryl methyl sites for hydroxylation is 1. The summed E-state index contributed by atoms with van der Waals surface area (Å²) in [6, 6.07) is 10.6. The highest BCUT2D eigenvalue weighted by Gasteiger charge is 2.38. The van der Waals surface area contributed by atoms with E-state index in [9.17, 15) is 23.1 Å². The second-order valence-electron chi connectivity index (χ2n) is 8.01. The molecular weight excluding hydrogens is 452 g/mol. The zero-order valence-electron chi connectivity index (χ0n) is 18.7. The van der Waals surface area contributed by atoms with E-state index in [0.717, 1.165) is 33.9 Å². The molecule has 4 rings (SSSR count). The van der Waals surface area contributed by atoms with Gasteiger partial charge in [-0.2, -0.15) is 17.9 Å². The first kappa shape index (κ1) is 23.6. The van der Waals surface area contributed by atoms with Crippen molar-refractivity contribution in [2.45, 2.75) is 46.0 Å². The van der Waals surface area contributed by atoms with Gasteiger partial charge in [0.25, 0.3) is 0 Å². The van der Waals surface area contributed by atoms with E-state index in [2.05, 4.69) is 10.1 Å². The van der Waals surface area contributed by atoms with Crippen LogP contribution in [0.4, 0.5) is 17.6 Å². The zero-order chi connectivity index (χ0) is 24.8. The van der Waals surface area contributed by atoms with Crippen LogP contribution >= 0.6 is 0 Å². The third-order valence-corrected chi connectivity index (χ3v) is 5.91. The number of alkyl halides is 3. The van der Waals surface area contributed by atoms with Gasteiger partial charge in [-0.05, 0) is 44.0 Å². The zero-order valence-corrected chi connectivity index (χ0v) is 18.7. The predicted octanol–water partition coefficient (Wildman–Crippen LogP) is 4.87. The molecule has 4 aromatic rings. The van der Waals surface area contributed by atoms with Crippen LogP contribution in [-0.4, -0.2) is 30.6 Å². The van der Waals surface area contributed by atoms with E-state index in [4.69, 9.17) is 0 Å². The number of nitrogens with zero attached hydrogens (tertiary/aromatic N) is 4. The van der Waals surface area contributed by atoms with Crippen molar-refractivity contribution in [1.82, 2.24) is 19.3 Å². The van der Waals surface area contributed by atoms with Gasteiger partial charge < -0.3 is 5.11 Å². The fourth-order valence-electron chi connectivity index (χ4n) is 3.99. The van der Waals surface area contributed by atoms with Gasteiger partial charge in [0.2, 0.25) is 0 Å². The van der Waals surface area contributed by atoms with Crippen LogP contribution in [0.1, 0.15) is 36.7 Å². The summed E-state index contributed by atoms with van der Waals surface area (Å²) in [4.78, 5) is 17.2. The van der Waals surface area contributed by atoms with Crippen LogP contribution in [0.25, 0.3) is 27.8 Å². The Morgan fingerprint density at radius 1 is 1.15 bits per heavy atom. The van der Waals surface area contributed by atoms with Crippen LogP contribution in [0.15, 0.2) is 47.3 Å². The van der Waals surface area contributed by atoms with Gasteiger partial charge >= 0.3 is 11.9 Å². The molecule has 0 aliphatic carbocycles. The average molecular weight is 474 g/mol. The monoisotopic (exact) mass is 474 g/mol. The number of hydrogen-bond donors (Lipinski definition) is 1. The van der Waals surface area contributed by atoms with Crippen molar-refractivity contribution in [2.75, 3.05) is 0 Å². The summed E-state index contributed by atoms with van der Waals surface area (Å²) < 4.78 is 58.5. The van der Waals surface area contributed by atoms with Crippen LogP contribution in [0.5, 0.6) is 0 Å². The van der Waals surface area contributed by atoms with Crippen LogP contribution in [0.3, 0.4) is 0 Å². The molecule has 2 heterocycles. The molecule has 0 radical (unpaired) electrons. The van der Waals surface area contributed by atoms with E-state index in [1.807, 2.05) is 13.0 Å². The number of pyridine rings is 1. The molecule has 0 saturated carbocycles. The van der Waals surface area contributed by atoms with Crippen LogP contribution in [0.2, 0.25) is 0 Å². The molecule has 2 aromatic heterocycles. The summed E-state index contributed by atoms with van der Waals surface area (Å²) in [5.74, 6) is -2.74. The van der Waals surface area contributed by atoms with Crippen molar-refractivity contribution in [3.05, 3.63) is 75.7 Å². The van der Waals surface area contributed by atoms with E-state index in [1.165, 1.54) is 6.07 Å². The minimum Gasteiger partial charge on any atom is -0.388 e. The topological polar surface area (TPSA) is 72.9 Å². The number of aliphatic hydroxyl groups is 1. The molecule has 1 atom stereocenters. The molecular formula is C24H22F4N4O2. The number of aliphatic hydroxyl groups excluding tert-OH is 1. The molecule has 0 aliphatic rings. The molecule has 0 unspecified atom stereocenters.